The summed E-state index contributed by atoms with van der Waals surface area (Å²) in [5.41, 5.74) is 1.52. The zero-order valence-electron chi connectivity index (χ0n) is 11.7. The molecule has 0 radical (unpaired) electrons. The van der Waals surface area contributed by atoms with E-state index in [1.165, 1.54) is 0 Å². The number of unbranched alkanes of at least 4 members (excludes halogenated alkanes) is 1. The summed E-state index contributed by atoms with van der Waals surface area (Å²) in [6.07, 6.45) is 3.29. The molecule has 104 valence electrons. The maximum Gasteiger partial charge on any atom is 0.255 e. The number of rotatable bonds is 5. The quantitative estimate of drug-likeness (QED) is 0.858. The summed E-state index contributed by atoms with van der Waals surface area (Å²) in [4.78, 5) is 12.3. The van der Waals surface area contributed by atoms with Crippen molar-refractivity contribution in [1.82, 2.24) is 5.32 Å². The molecular weight excluding hydrogens is 240 g/mol. The number of carbonyl (C=O) groups excluding carboxylic acids is 1. The Morgan fingerprint density at radius 1 is 1.53 bits per heavy atom. The van der Waals surface area contributed by atoms with Gasteiger partial charge in [-0.1, -0.05) is 25.8 Å². The molecule has 4 nitrogen and oxygen atoms in total. The predicted octanol–water partition coefficient (Wildman–Crippen LogP) is 2.80. The van der Waals surface area contributed by atoms with Gasteiger partial charge in [0.1, 0.15) is 6.61 Å². The number of amides is 1. The van der Waals surface area contributed by atoms with E-state index in [4.69, 9.17) is 4.74 Å². The number of hydrogen-bond acceptors (Lipinski definition) is 3. The lowest BCUT2D eigenvalue weighted by molar-refractivity contribution is 0.0934. The highest BCUT2D eigenvalue weighted by atomic mass is 16.5. The highest BCUT2D eigenvalue weighted by molar-refractivity contribution is 5.99. The van der Waals surface area contributed by atoms with Gasteiger partial charge < -0.3 is 15.4 Å². The fourth-order valence-electron chi connectivity index (χ4n) is 2.23. The molecule has 1 aromatic rings. The molecule has 1 aliphatic heterocycles. The third kappa shape index (κ3) is 3.40. The molecular formula is C15H22N2O2. The average Bonchev–Trinajstić information content (AvgIpc) is 2.44. The van der Waals surface area contributed by atoms with Crippen LogP contribution in [0.4, 0.5) is 5.69 Å². The largest absolute Gasteiger partial charge is 0.489 e. The van der Waals surface area contributed by atoms with E-state index in [1.54, 1.807) is 0 Å². The average molecular weight is 262 g/mol. The Hall–Kier alpha value is -1.71. The summed E-state index contributed by atoms with van der Waals surface area (Å²) in [5.74, 6) is 0.623. The van der Waals surface area contributed by atoms with Gasteiger partial charge in [-0.05, 0) is 25.5 Å². The van der Waals surface area contributed by atoms with Crippen LogP contribution in [0.1, 0.15) is 43.5 Å². The normalized spacial score (nSPS) is 14.8. The van der Waals surface area contributed by atoms with Crippen molar-refractivity contribution < 1.29 is 9.53 Å². The molecule has 1 amide bonds. The lowest BCUT2D eigenvalue weighted by Crippen LogP contribution is -2.33. The molecule has 19 heavy (non-hydrogen) atoms. The molecule has 0 saturated carbocycles. The smallest absolute Gasteiger partial charge is 0.255 e. The first-order valence-electron chi connectivity index (χ1n) is 7.03. The van der Waals surface area contributed by atoms with Crippen molar-refractivity contribution in [3.63, 3.8) is 0 Å². The Morgan fingerprint density at radius 3 is 3.16 bits per heavy atom. The molecule has 0 aliphatic carbocycles. The second-order valence-electron chi connectivity index (χ2n) is 4.97. The fraction of sp³-hybridized carbons (Fsp3) is 0.533. The van der Waals surface area contributed by atoms with Gasteiger partial charge in [0, 0.05) is 12.6 Å². The SMILES string of the molecule is CCCCC(C)NC(=O)c1cccc2c1OCCN2. The molecule has 4 heteroatoms. The van der Waals surface area contributed by atoms with Crippen LogP contribution < -0.4 is 15.4 Å². The molecule has 0 saturated heterocycles. The van der Waals surface area contributed by atoms with Crippen LogP contribution in [-0.4, -0.2) is 25.1 Å². The number of carbonyl (C=O) groups is 1. The van der Waals surface area contributed by atoms with Crippen LogP contribution in [0.15, 0.2) is 18.2 Å². The molecule has 2 N–H and O–H groups in total. The maximum absolute atomic E-state index is 12.3. The molecule has 1 heterocycles. The Labute approximate surface area is 114 Å². The summed E-state index contributed by atoms with van der Waals surface area (Å²) in [7, 11) is 0. The second-order valence-corrected chi connectivity index (χ2v) is 4.97. The Kier molecular flexibility index (Phi) is 4.66. The molecule has 0 spiro atoms. The summed E-state index contributed by atoms with van der Waals surface area (Å²) in [6.45, 7) is 5.58. The van der Waals surface area contributed by atoms with Crippen molar-refractivity contribution in [3.8, 4) is 5.75 Å². The van der Waals surface area contributed by atoms with E-state index >= 15 is 0 Å². The minimum absolute atomic E-state index is 0.0517. The van der Waals surface area contributed by atoms with Crippen LogP contribution in [0, 0.1) is 0 Å². The lowest BCUT2D eigenvalue weighted by atomic mass is 10.1. The van der Waals surface area contributed by atoms with Crippen LogP contribution in [0.3, 0.4) is 0 Å². The van der Waals surface area contributed by atoms with E-state index in [0.29, 0.717) is 17.9 Å². The maximum atomic E-state index is 12.3. The van der Waals surface area contributed by atoms with Crippen molar-refractivity contribution in [3.05, 3.63) is 23.8 Å². The van der Waals surface area contributed by atoms with Gasteiger partial charge >= 0.3 is 0 Å². The summed E-state index contributed by atoms with van der Waals surface area (Å²) in [6, 6.07) is 5.82. The van der Waals surface area contributed by atoms with Gasteiger partial charge in [-0.25, -0.2) is 0 Å². The Balaban J connectivity index is 2.07. The number of benzene rings is 1. The van der Waals surface area contributed by atoms with E-state index in [9.17, 15) is 4.79 Å². The van der Waals surface area contributed by atoms with Crippen molar-refractivity contribution >= 4 is 11.6 Å². The zero-order valence-corrected chi connectivity index (χ0v) is 11.7. The number of para-hydroxylation sites is 1. The van der Waals surface area contributed by atoms with Gasteiger partial charge in [0.05, 0.1) is 11.3 Å². The summed E-state index contributed by atoms with van der Waals surface area (Å²) in [5, 5.41) is 6.27. The van der Waals surface area contributed by atoms with Crippen molar-refractivity contribution in [2.45, 2.75) is 39.2 Å². The van der Waals surface area contributed by atoms with Crippen LogP contribution in [0.5, 0.6) is 5.75 Å². The molecule has 0 fully saturated rings. The van der Waals surface area contributed by atoms with E-state index in [2.05, 4.69) is 17.6 Å². The first-order chi connectivity index (χ1) is 9.22. The van der Waals surface area contributed by atoms with E-state index in [0.717, 1.165) is 31.5 Å². The van der Waals surface area contributed by atoms with Gasteiger partial charge in [0.25, 0.3) is 5.91 Å². The van der Waals surface area contributed by atoms with Crippen LogP contribution in [0.25, 0.3) is 0 Å². The highest BCUT2D eigenvalue weighted by Crippen LogP contribution is 2.31. The molecule has 1 aromatic carbocycles. The van der Waals surface area contributed by atoms with Crippen LogP contribution in [0.2, 0.25) is 0 Å². The number of ether oxygens (including phenoxy) is 1. The monoisotopic (exact) mass is 262 g/mol. The first kappa shape index (κ1) is 13.7. The van der Waals surface area contributed by atoms with Gasteiger partial charge in [-0.2, -0.15) is 0 Å². The van der Waals surface area contributed by atoms with Gasteiger partial charge in [-0.3, -0.25) is 4.79 Å². The van der Waals surface area contributed by atoms with Crippen LogP contribution in [-0.2, 0) is 0 Å². The summed E-state index contributed by atoms with van der Waals surface area (Å²) < 4.78 is 5.62. The van der Waals surface area contributed by atoms with Crippen LogP contribution >= 0.6 is 0 Å². The Morgan fingerprint density at radius 2 is 2.37 bits per heavy atom. The van der Waals surface area contributed by atoms with E-state index in [-0.39, 0.29) is 11.9 Å². The van der Waals surface area contributed by atoms with Crippen molar-refractivity contribution in [1.29, 1.82) is 0 Å². The lowest BCUT2D eigenvalue weighted by Gasteiger charge is -2.22. The highest BCUT2D eigenvalue weighted by Gasteiger charge is 2.19. The number of fused-ring (bicyclic) bond motifs is 1. The van der Waals surface area contributed by atoms with E-state index in [1.807, 2.05) is 25.1 Å². The van der Waals surface area contributed by atoms with Crippen molar-refractivity contribution in [2.75, 3.05) is 18.5 Å². The molecule has 1 atom stereocenters. The number of hydrogen-bond donors (Lipinski definition) is 2. The van der Waals surface area contributed by atoms with E-state index < -0.39 is 0 Å². The zero-order chi connectivity index (χ0) is 13.7. The number of anilines is 1. The Bertz CT molecular complexity index is 446. The van der Waals surface area contributed by atoms with Crippen molar-refractivity contribution in [2.24, 2.45) is 0 Å². The third-order valence-corrected chi connectivity index (χ3v) is 3.29. The molecule has 2 rings (SSSR count). The molecule has 1 unspecified atom stereocenters. The molecule has 1 aliphatic rings. The minimum atomic E-state index is -0.0517. The predicted molar refractivity (Wildman–Crippen MR) is 76.9 cm³/mol. The first-order valence-corrected chi connectivity index (χ1v) is 7.03. The molecule has 0 bridgehead atoms. The number of nitrogens with one attached hydrogen (secondary N) is 2. The second kappa shape index (κ2) is 6.45. The van der Waals surface area contributed by atoms with Gasteiger partial charge in [0.2, 0.25) is 0 Å². The molecule has 0 aromatic heterocycles. The van der Waals surface area contributed by atoms with Gasteiger partial charge in [-0.15, -0.1) is 0 Å². The standard InChI is InChI=1S/C15H22N2O2/c1-3-4-6-11(2)17-15(18)12-7-5-8-13-14(12)19-10-9-16-13/h5,7-8,11,16H,3-4,6,9-10H2,1-2H3,(H,17,18). The van der Waals surface area contributed by atoms with Gasteiger partial charge in [0.15, 0.2) is 5.75 Å². The third-order valence-electron chi connectivity index (χ3n) is 3.29. The minimum Gasteiger partial charge on any atom is -0.489 e. The topological polar surface area (TPSA) is 50.4 Å². The summed E-state index contributed by atoms with van der Waals surface area (Å²) >= 11 is 0. The fourth-order valence-corrected chi connectivity index (χ4v) is 2.23.